The first-order valence-corrected chi connectivity index (χ1v) is 6.76. The third-order valence-electron chi connectivity index (χ3n) is 2.18. The van der Waals surface area contributed by atoms with Crippen molar-refractivity contribution in [3.8, 4) is 0 Å². The Bertz CT molecular complexity index is 346. The van der Waals surface area contributed by atoms with Gasteiger partial charge in [0.05, 0.1) is 0 Å². The number of nitrogens with two attached hydrogens (primary N) is 2. The standard InChI is InChI=1S/C10H20N6S/c1-3-17-5-4-7(2)13-8-6-9(16-12)15-10(11)14-8/h6-7H,3-5,12H2,1-2H3,(H4,11,13,14,15,16). The summed E-state index contributed by atoms with van der Waals surface area (Å²) in [5, 5.41) is 3.28. The minimum atomic E-state index is 0.207. The number of anilines is 3. The van der Waals surface area contributed by atoms with Crippen LogP contribution in [0.15, 0.2) is 6.07 Å². The molecule has 0 saturated carbocycles. The Hall–Kier alpha value is -1.21. The summed E-state index contributed by atoms with van der Waals surface area (Å²) in [6.45, 7) is 4.27. The van der Waals surface area contributed by atoms with E-state index in [0.717, 1.165) is 17.9 Å². The van der Waals surface area contributed by atoms with E-state index < -0.39 is 0 Å². The second-order valence-electron chi connectivity index (χ2n) is 3.67. The summed E-state index contributed by atoms with van der Waals surface area (Å²) in [5.41, 5.74) is 8.03. The maximum atomic E-state index is 5.57. The molecule has 0 radical (unpaired) electrons. The lowest BCUT2D eigenvalue weighted by molar-refractivity contribution is 0.766. The third kappa shape index (κ3) is 5.10. The largest absolute Gasteiger partial charge is 0.368 e. The SMILES string of the molecule is CCSCCC(C)Nc1cc(NN)nc(N)n1. The normalized spacial score (nSPS) is 12.2. The van der Waals surface area contributed by atoms with E-state index in [1.807, 2.05) is 11.8 Å². The smallest absolute Gasteiger partial charge is 0.223 e. The van der Waals surface area contributed by atoms with E-state index in [-0.39, 0.29) is 5.95 Å². The molecule has 7 heteroatoms. The number of aromatic nitrogens is 2. The highest BCUT2D eigenvalue weighted by atomic mass is 32.2. The Morgan fingerprint density at radius 2 is 2.12 bits per heavy atom. The van der Waals surface area contributed by atoms with Gasteiger partial charge in [-0.3, -0.25) is 0 Å². The minimum absolute atomic E-state index is 0.207. The molecular formula is C10H20N6S. The van der Waals surface area contributed by atoms with Gasteiger partial charge in [0.25, 0.3) is 0 Å². The molecule has 0 aliphatic carbocycles. The molecule has 0 aliphatic rings. The number of hydrogen-bond acceptors (Lipinski definition) is 7. The Morgan fingerprint density at radius 3 is 2.76 bits per heavy atom. The van der Waals surface area contributed by atoms with Crippen LogP contribution >= 0.6 is 11.8 Å². The van der Waals surface area contributed by atoms with Gasteiger partial charge in [-0.1, -0.05) is 6.92 Å². The molecular weight excluding hydrogens is 236 g/mol. The van der Waals surface area contributed by atoms with E-state index in [4.69, 9.17) is 11.6 Å². The van der Waals surface area contributed by atoms with Crippen molar-refractivity contribution in [2.75, 3.05) is 28.0 Å². The third-order valence-corrected chi connectivity index (χ3v) is 3.12. The average molecular weight is 256 g/mol. The van der Waals surface area contributed by atoms with Gasteiger partial charge in [-0.2, -0.15) is 21.7 Å². The Balaban J connectivity index is 2.52. The molecule has 0 amide bonds. The fourth-order valence-corrected chi connectivity index (χ4v) is 2.15. The van der Waals surface area contributed by atoms with Crippen LogP contribution < -0.4 is 22.3 Å². The number of nitrogens with one attached hydrogen (secondary N) is 2. The van der Waals surface area contributed by atoms with Gasteiger partial charge in [0.1, 0.15) is 11.6 Å². The minimum Gasteiger partial charge on any atom is -0.368 e. The fraction of sp³-hybridized carbons (Fsp3) is 0.600. The zero-order valence-electron chi connectivity index (χ0n) is 10.2. The van der Waals surface area contributed by atoms with E-state index in [2.05, 4.69) is 34.6 Å². The molecule has 1 aromatic heterocycles. The van der Waals surface area contributed by atoms with Crippen LogP contribution in [-0.4, -0.2) is 27.5 Å². The maximum absolute atomic E-state index is 5.57. The van der Waals surface area contributed by atoms with Gasteiger partial charge in [0.15, 0.2) is 0 Å². The summed E-state index contributed by atoms with van der Waals surface area (Å²) >= 11 is 1.93. The quantitative estimate of drug-likeness (QED) is 0.331. The Morgan fingerprint density at radius 1 is 1.41 bits per heavy atom. The van der Waals surface area contributed by atoms with E-state index >= 15 is 0 Å². The van der Waals surface area contributed by atoms with Gasteiger partial charge in [-0.15, -0.1) is 0 Å². The summed E-state index contributed by atoms with van der Waals surface area (Å²) in [6.07, 6.45) is 1.08. The van der Waals surface area contributed by atoms with E-state index in [9.17, 15) is 0 Å². The van der Waals surface area contributed by atoms with E-state index in [0.29, 0.717) is 17.7 Å². The van der Waals surface area contributed by atoms with Crippen molar-refractivity contribution in [2.24, 2.45) is 5.84 Å². The van der Waals surface area contributed by atoms with Crippen molar-refractivity contribution in [1.82, 2.24) is 9.97 Å². The highest BCUT2D eigenvalue weighted by molar-refractivity contribution is 7.99. The van der Waals surface area contributed by atoms with Crippen molar-refractivity contribution in [3.63, 3.8) is 0 Å². The van der Waals surface area contributed by atoms with Crippen molar-refractivity contribution >= 4 is 29.3 Å². The molecule has 0 bridgehead atoms. The first kappa shape index (κ1) is 13.9. The second kappa shape index (κ2) is 7.18. The number of thioether (sulfide) groups is 1. The summed E-state index contributed by atoms with van der Waals surface area (Å²) in [7, 11) is 0. The van der Waals surface area contributed by atoms with Crippen LogP contribution in [0.4, 0.5) is 17.6 Å². The molecule has 1 rings (SSSR count). The summed E-state index contributed by atoms with van der Waals surface area (Å²) in [6, 6.07) is 2.08. The van der Waals surface area contributed by atoms with Gasteiger partial charge in [-0.05, 0) is 24.9 Å². The van der Waals surface area contributed by atoms with Gasteiger partial charge in [0, 0.05) is 12.1 Å². The molecule has 96 valence electrons. The molecule has 0 fully saturated rings. The zero-order chi connectivity index (χ0) is 12.7. The molecule has 6 N–H and O–H groups in total. The van der Waals surface area contributed by atoms with Crippen LogP contribution in [0.25, 0.3) is 0 Å². The summed E-state index contributed by atoms with van der Waals surface area (Å²) < 4.78 is 0. The molecule has 6 nitrogen and oxygen atoms in total. The molecule has 1 unspecified atom stereocenters. The lowest BCUT2D eigenvalue weighted by atomic mass is 10.2. The van der Waals surface area contributed by atoms with Crippen molar-refractivity contribution in [3.05, 3.63) is 6.07 Å². The Kier molecular flexibility index (Phi) is 5.85. The van der Waals surface area contributed by atoms with Crippen LogP contribution in [0, 0.1) is 0 Å². The maximum Gasteiger partial charge on any atom is 0.223 e. The fourth-order valence-electron chi connectivity index (χ4n) is 1.34. The number of hydrogen-bond donors (Lipinski definition) is 4. The van der Waals surface area contributed by atoms with Crippen molar-refractivity contribution in [2.45, 2.75) is 26.3 Å². The first-order valence-electron chi connectivity index (χ1n) is 5.61. The highest BCUT2D eigenvalue weighted by Gasteiger charge is 2.05. The predicted octanol–water partition coefficient (Wildman–Crippen LogP) is 1.29. The molecule has 17 heavy (non-hydrogen) atoms. The van der Waals surface area contributed by atoms with Gasteiger partial charge in [0.2, 0.25) is 5.95 Å². The van der Waals surface area contributed by atoms with E-state index in [1.54, 1.807) is 6.07 Å². The topological polar surface area (TPSA) is 102 Å². The van der Waals surface area contributed by atoms with Gasteiger partial charge < -0.3 is 16.5 Å². The summed E-state index contributed by atoms with van der Waals surface area (Å²) in [4.78, 5) is 8.02. The lowest BCUT2D eigenvalue weighted by Crippen LogP contribution is -2.18. The number of rotatable bonds is 7. The predicted molar refractivity (Wildman–Crippen MR) is 75.0 cm³/mol. The van der Waals surface area contributed by atoms with Crippen LogP contribution in [0.5, 0.6) is 0 Å². The van der Waals surface area contributed by atoms with Crippen LogP contribution in [0.3, 0.4) is 0 Å². The van der Waals surface area contributed by atoms with Gasteiger partial charge in [-0.25, -0.2) is 5.84 Å². The van der Waals surface area contributed by atoms with Crippen LogP contribution in [-0.2, 0) is 0 Å². The Labute approximate surface area is 106 Å². The molecule has 0 saturated heterocycles. The molecule has 0 aromatic carbocycles. The first-order chi connectivity index (χ1) is 8.15. The molecule has 1 heterocycles. The van der Waals surface area contributed by atoms with Crippen molar-refractivity contribution < 1.29 is 0 Å². The molecule has 1 atom stereocenters. The number of nitrogens with zero attached hydrogens (tertiary/aromatic N) is 2. The highest BCUT2D eigenvalue weighted by Crippen LogP contribution is 2.14. The lowest BCUT2D eigenvalue weighted by Gasteiger charge is -2.14. The van der Waals surface area contributed by atoms with Crippen LogP contribution in [0.2, 0.25) is 0 Å². The zero-order valence-corrected chi connectivity index (χ0v) is 11.0. The number of nitrogen functional groups attached to an aromatic ring is 2. The van der Waals surface area contributed by atoms with Crippen molar-refractivity contribution in [1.29, 1.82) is 0 Å². The average Bonchev–Trinajstić information content (AvgIpc) is 2.28. The van der Waals surface area contributed by atoms with Gasteiger partial charge >= 0.3 is 0 Å². The monoisotopic (exact) mass is 256 g/mol. The summed E-state index contributed by atoms with van der Waals surface area (Å²) in [5.74, 6) is 8.98. The molecule has 0 aliphatic heterocycles. The molecule has 0 spiro atoms. The molecule has 1 aromatic rings. The van der Waals surface area contributed by atoms with E-state index in [1.165, 1.54) is 0 Å². The second-order valence-corrected chi connectivity index (χ2v) is 5.07. The van der Waals surface area contributed by atoms with Crippen LogP contribution in [0.1, 0.15) is 20.3 Å². The number of hydrazine groups is 1.